The van der Waals surface area contributed by atoms with Crippen molar-refractivity contribution >= 4 is 17.8 Å². The van der Waals surface area contributed by atoms with E-state index in [0.29, 0.717) is 43.5 Å². The van der Waals surface area contributed by atoms with Crippen LogP contribution in [-0.2, 0) is 9.59 Å². The summed E-state index contributed by atoms with van der Waals surface area (Å²) in [5.41, 5.74) is 0.0589. The maximum Gasteiger partial charge on any atom is 0.325 e. The number of carbonyl (C=O) groups is 3. The third-order valence-corrected chi connectivity index (χ3v) is 7.20. The third kappa shape index (κ3) is 4.80. The van der Waals surface area contributed by atoms with Crippen LogP contribution in [0.15, 0.2) is 18.2 Å². The highest BCUT2D eigenvalue weighted by molar-refractivity contribution is 6.09. The van der Waals surface area contributed by atoms with Crippen LogP contribution in [0.5, 0.6) is 11.5 Å². The van der Waals surface area contributed by atoms with E-state index in [4.69, 9.17) is 9.47 Å². The minimum atomic E-state index is -0.838. The summed E-state index contributed by atoms with van der Waals surface area (Å²) in [7, 11) is 0. The first-order chi connectivity index (χ1) is 15.8. The van der Waals surface area contributed by atoms with Gasteiger partial charge in [0.1, 0.15) is 12.1 Å². The molecule has 8 nitrogen and oxygen atoms in total. The Labute approximate surface area is 195 Å². The molecule has 0 unspecified atom stereocenters. The lowest BCUT2D eigenvalue weighted by Crippen LogP contribution is -2.50. The van der Waals surface area contributed by atoms with Gasteiger partial charge in [-0.15, -0.1) is 0 Å². The monoisotopic (exact) mass is 457 g/mol. The Kier molecular flexibility index (Phi) is 6.81. The first-order valence-electron chi connectivity index (χ1n) is 12.2. The molecule has 180 valence electrons. The Hall–Kier alpha value is -2.77. The summed E-state index contributed by atoms with van der Waals surface area (Å²) in [6.45, 7) is 7.11. The molecular formula is C25H35N3O5. The molecule has 1 atom stereocenters. The van der Waals surface area contributed by atoms with Crippen LogP contribution in [0.2, 0.25) is 0 Å². The molecule has 1 saturated carbocycles. The Morgan fingerprint density at radius 1 is 1.18 bits per heavy atom. The Morgan fingerprint density at radius 3 is 2.55 bits per heavy atom. The van der Waals surface area contributed by atoms with Crippen LogP contribution < -0.4 is 20.1 Å². The molecule has 4 rings (SSSR count). The molecule has 4 amide bonds. The van der Waals surface area contributed by atoms with Crippen LogP contribution >= 0.6 is 0 Å². The van der Waals surface area contributed by atoms with E-state index in [1.165, 1.54) is 0 Å². The second-order valence-electron chi connectivity index (χ2n) is 9.80. The lowest BCUT2D eigenvalue weighted by molar-refractivity contribution is -0.136. The standard InChI is InChI=1S/C25H35N3O5/c1-4-17-8-10-25(11-9-17)23(30)28(24(31)27-25)15-21(29)26-22(16(2)3)18-6-7-19-20(14-18)33-13-5-12-32-19/h6-7,14,16-17,22H,4-5,8-13,15H2,1-3H3,(H,26,29)(H,27,31)/t17?,22-,25?/m1/s1. The SMILES string of the molecule is CCC1CCC2(CC1)NC(=O)N(CC(=O)N[C@@H](c1ccc3c(c1)OCCCO3)C(C)C)C2=O. The van der Waals surface area contributed by atoms with Gasteiger partial charge in [-0.1, -0.05) is 33.3 Å². The molecule has 1 aromatic rings. The molecule has 2 heterocycles. The maximum atomic E-state index is 13.1. The molecule has 2 fully saturated rings. The number of carbonyl (C=O) groups excluding carboxylic acids is 3. The van der Waals surface area contributed by atoms with E-state index in [1.54, 1.807) is 0 Å². The number of fused-ring (bicyclic) bond motifs is 1. The van der Waals surface area contributed by atoms with Gasteiger partial charge in [0.25, 0.3) is 5.91 Å². The zero-order valence-corrected chi connectivity index (χ0v) is 19.8. The molecule has 8 heteroatoms. The fourth-order valence-electron chi connectivity index (χ4n) is 5.11. The van der Waals surface area contributed by atoms with Crippen LogP contribution in [0.3, 0.4) is 0 Å². The first-order valence-corrected chi connectivity index (χ1v) is 12.2. The van der Waals surface area contributed by atoms with Gasteiger partial charge >= 0.3 is 6.03 Å². The van der Waals surface area contributed by atoms with Gasteiger partial charge in [-0.05, 0) is 55.2 Å². The van der Waals surface area contributed by atoms with E-state index in [9.17, 15) is 14.4 Å². The quantitative estimate of drug-likeness (QED) is 0.637. The van der Waals surface area contributed by atoms with Crippen molar-refractivity contribution in [2.24, 2.45) is 11.8 Å². The summed E-state index contributed by atoms with van der Waals surface area (Å²) in [6.07, 6.45) is 5.02. The number of rotatable bonds is 6. The van der Waals surface area contributed by atoms with E-state index in [-0.39, 0.29) is 30.3 Å². The normalized spacial score (nSPS) is 25.7. The minimum Gasteiger partial charge on any atom is -0.490 e. The van der Waals surface area contributed by atoms with Gasteiger partial charge in [0.2, 0.25) is 5.91 Å². The average Bonchev–Trinajstić information content (AvgIpc) is 2.95. The first kappa shape index (κ1) is 23.4. The highest BCUT2D eigenvalue weighted by atomic mass is 16.5. The van der Waals surface area contributed by atoms with Crippen LogP contribution in [-0.4, -0.2) is 48.0 Å². The van der Waals surface area contributed by atoms with Crippen molar-refractivity contribution in [3.05, 3.63) is 23.8 Å². The predicted molar refractivity (Wildman–Crippen MR) is 123 cm³/mol. The van der Waals surface area contributed by atoms with Crippen molar-refractivity contribution in [1.82, 2.24) is 15.5 Å². The van der Waals surface area contributed by atoms with Crippen LogP contribution in [0.25, 0.3) is 0 Å². The van der Waals surface area contributed by atoms with Crippen molar-refractivity contribution in [3.63, 3.8) is 0 Å². The van der Waals surface area contributed by atoms with Crippen molar-refractivity contribution in [3.8, 4) is 11.5 Å². The lowest BCUT2D eigenvalue weighted by atomic mass is 9.75. The number of nitrogens with one attached hydrogen (secondary N) is 2. The summed E-state index contributed by atoms with van der Waals surface area (Å²) in [5.74, 6) is 1.44. The number of amides is 4. The average molecular weight is 458 g/mol. The molecule has 1 saturated heterocycles. The van der Waals surface area contributed by atoms with E-state index < -0.39 is 11.6 Å². The molecule has 0 aromatic heterocycles. The summed E-state index contributed by atoms with van der Waals surface area (Å²) in [6, 6.07) is 4.94. The van der Waals surface area contributed by atoms with Crippen molar-refractivity contribution in [1.29, 1.82) is 0 Å². The number of imide groups is 1. The highest BCUT2D eigenvalue weighted by Gasteiger charge is 2.52. The van der Waals surface area contributed by atoms with Crippen molar-refractivity contribution in [2.45, 2.75) is 70.9 Å². The third-order valence-electron chi connectivity index (χ3n) is 7.20. The molecule has 0 radical (unpaired) electrons. The maximum absolute atomic E-state index is 13.1. The fraction of sp³-hybridized carbons (Fsp3) is 0.640. The molecule has 2 N–H and O–H groups in total. The summed E-state index contributed by atoms with van der Waals surface area (Å²) in [4.78, 5) is 39.8. The van der Waals surface area contributed by atoms with E-state index in [0.717, 1.165) is 36.1 Å². The van der Waals surface area contributed by atoms with Gasteiger partial charge < -0.3 is 20.1 Å². The lowest BCUT2D eigenvalue weighted by Gasteiger charge is -2.34. The molecule has 1 spiro atoms. The van der Waals surface area contributed by atoms with E-state index in [2.05, 4.69) is 17.6 Å². The summed E-state index contributed by atoms with van der Waals surface area (Å²) >= 11 is 0. The Morgan fingerprint density at radius 2 is 1.88 bits per heavy atom. The van der Waals surface area contributed by atoms with Gasteiger partial charge in [-0.25, -0.2) is 4.79 Å². The number of hydrogen-bond acceptors (Lipinski definition) is 5. The van der Waals surface area contributed by atoms with Crippen molar-refractivity contribution < 1.29 is 23.9 Å². The van der Waals surface area contributed by atoms with Gasteiger partial charge in [0.05, 0.1) is 19.3 Å². The molecule has 3 aliphatic rings. The van der Waals surface area contributed by atoms with Gasteiger partial charge in [0, 0.05) is 6.42 Å². The van der Waals surface area contributed by atoms with Crippen LogP contribution in [0.4, 0.5) is 4.79 Å². The van der Waals surface area contributed by atoms with Crippen LogP contribution in [0, 0.1) is 11.8 Å². The molecule has 1 aliphatic carbocycles. The highest BCUT2D eigenvalue weighted by Crippen LogP contribution is 2.38. The second-order valence-corrected chi connectivity index (χ2v) is 9.80. The Balaban J connectivity index is 1.43. The molecule has 2 aliphatic heterocycles. The molecule has 1 aromatic carbocycles. The minimum absolute atomic E-state index is 0.0949. The molecule has 33 heavy (non-hydrogen) atoms. The summed E-state index contributed by atoms with van der Waals surface area (Å²) in [5, 5.41) is 5.92. The molecular weight excluding hydrogens is 422 g/mol. The number of benzene rings is 1. The number of hydrogen-bond donors (Lipinski definition) is 2. The zero-order chi connectivity index (χ0) is 23.6. The predicted octanol–water partition coefficient (Wildman–Crippen LogP) is 3.55. The van der Waals surface area contributed by atoms with Crippen LogP contribution in [0.1, 0.15) is 70.9 Å². The largest absolute Gasteiger partial charge is 0.490 e. The number of urea groups is 1. The van der Waals surface area contributed by atoms with E-state index in [1.807, 2.05) is 32.0 Å². The van der Waals surface area contributed by atoms with Gasteiger partial charge in [0.15, 0.2) is 11.5 Å². The number of ether oxygens (including phenoxy) is 2. The fourth-order valence-corrected chi connectivity index (χ4v) is 5.11. The summed E-state index contributed by atoms with van der Waals surface area (Å²) < 4.78 is 11.5. The smallest absolute Gasteiger partial charge is 0.325 e. The van der Waals surface area contributed by atoms with Gasteiger partial charge in [-0.3, -0.25) is 14.5 Å². The second kappa shape index (κ2) is 9.61. The number of nitrogens with zero attached hydrogens (tertiary/aromatic N) is 1. The topological polar surface area (TPSA) is 97.0 Å². The van der Waals surface area contributed by atoms with Crippen molar-refractivity contribution in [2.75, 3.05) is 19.8 Å². The Bertz CT molecular complexity index is 907. The van der Waals surface area contributed by atoms with E-state index >= 15 is 0 Å². The molecule has 0 bridgehead atoms. The zero-order valence-electron chi connectivity index (χ0n) is 19.8. The van der Waals surface area contributed by atoms with Gasteiger partial charge in [-0.2, -0.15) is 0 Å².